The number of nitrogens with one attached hydrogen (secondary N) is 1. The van der Waals surface area contributed by atoms with E-state index < -0.39 is 0 Å². The third-order valence-electron chi connectivity index (χ3n) is 4.41. The largest absolute Gasteiger partial charge is 0.352 e. The number of aliphatic imine (C=N–C) groups is 3. The van der Waals surface area contributed by atoms with E-state index in [0.717, 1.165) is 28.0 Å². The SMILES string of the molecule is CC(=O)NCc1ccc(C=NCC(=O)C2=NC3N=C3c3ccccc32)cc1. The minimum atomic E-state index is -0.181. The smallest absolute Gasteiger partial charge is 0.217 e. The maximum Gasteiger partial charge on any atom is 0.217 e. The molecule has 0 radical (unpaired) electrons. The van der Waals surface area contributed by atoms with Crippen molar-refractivity contribution in [1.82, 2.24) is 5.32 Å². The molecular weight excluding hydrogens is 340 g/mol. The van der Waals surface area contributed by atoms with Crippen LogP contribution in [0.4, 0.5) is 0 Å². The number of carbonyl (C=O) groups excluding carboxylic acids is 2. The average molecular weight is 358 g/mol. The standard InChI is InChI=1S/C21H18N4O2/c1-13(26)23-11-15-8-6-14(7-9-15)10-22-12-18(27)19-16-4-2-3-5-17(16)20-21(24-19)25-20/h2-10,21H,11-12H2,1H3,(H,23,26). The summed E-state index contributed by atoms with van der Waals surface area (Å²) in [5.74, 6) is -0.169. The first kappa shape index (κ1) is 17.0. The molecule has 2 aromatic carbocycles. The highest BCUT2D eigenvalue weighted by Gasteiger charge is 2.37. The number of nitrogens with zero attached hydrogens (tertiary/aromatic N) is 3. The molecule has 0 saturated heterocycles. The fourth-order valence-electron chi connectivity index (χ4n) is 2.98. The highest BCUT2D eigenvalue weighted by Crippen LogP contribution is 2.29. The van der Waals surface area contributed by atoms with Gasteiger partial charge in [-0.15, -0.1) is 0 Å². The summed E-state index contributed by atoms with van der Waals surface area (Å²) in [6, 6.07) is 15.4. The molecule has 0 fully saturated rings. The first-order valence-electron chi connectivity index (χ1n) is 8.73. The van der Waals surface area contributed by atoms with E-state index in [1.165, 1.54) is 6.92 Å². The van der Waals surface area contributed by atoms with Crippen molar-refractivity contribution in [2.24, 2.45) is 15.0 Å². The van der Waals surface area contributed by atoms with Gasteiger partial charge in [-0.05, 0) is 11.1 Å². The number of hydrogen-bond acceptors (Lipinski definition) is 5. The van der Waals surface area contributed by atoms with Gasteiger partial charge in [-0.3, -0.25) is 19.6 Å². The highest BCUT2D eigenvalue weighted by molar-refractivity contribution is 6.50. The lowest BCUT2D eigenvalue weighted by Crippen LogP contribution is -2.25. The van der Waals surface area contributed by atoms with Crippen molar-refractivity contribution in [3.05, 3.63) is 70.8 Å². The molecular formula is C21H18N4O2. The van der Waals surface area contributed by atoms with Crippen LogP contribution in [0.3, 0.4) is 0 Å². The van der Waals surface area contributed by atoms with Crippen molar-refractivity contribution < 1.29 is 9.59 Å². The molecule has 0 bridgehead atoms. The lowest BCUT2D eigenvalue weighted by atomic mass is 9.95. The van der Waals surface area contributed by atoms with Gasteiger partial charge >= 0.3 is 0 Å². The Morgan fingerprint density at radius 2 is 1.81 bits per heavy atom. The molecule has 6 heteroatoms. The number of Topliss-reactive ketones (excluding diaryl/α,β-unsaturated/α-hetero) is 1. The van der Waals surface area contributed by atoms with Crippen LogP contribution in [0, 0.1) is 0 Å². The molecule has 1 atom stereocenters. The van der Waals surface area contributed by atoms with E-state index in [1.54, 1.807) is 6.21 Å². The Bertz CT molecular complexity index is 1000. The Hall–Kier alpha value is -3.41. The summed E-state index contributed by atoms with van der Waals surface area (Å²) in [5, 5.41) is 2.75. The quantitative estimate of drug-likeness (QED) is 0.801. The first-order valence-corrected chi connectivity index (χ1v) is 8.73. The van der Waals surface area contributed by atoms with Crippen LogP contribution in [-0.2, 0) is 16.1 Å². The summed E-state index contributed by atoms with van der Waals surface area (Å²) in [6.07, 6.45) is 1.49. The minimum Gasteiger partial charge on any atom is -0.352 e. The molecule has 2 aliphatic heterocycles. The molecule has 0 spiro atoms. The number of ketones is 1. The third-order valence-corrected chi connectivity index (χ3v) is 4.41. The molecule has 0 aliphatic carbocycles. The van der Waals surface area contributed by atoms with Crippen molar-refractivity contribution in [3.8, 4) is 0 Å². The Morgan fingerprint density at radius 3 is 2.56 bits per heavy atom. The Labute approximate surface area is 156 Å². The van der Waals surface area contributed by atoms with Gasteiger partial charge in [0.25, 0.3) is 0 Å². The summed E-state index contributed by atoms with van der Waals surface area (Å²) in [7, 11) is 0. The van der Waals surface area contributed by atoms with Gasteiger partial charge in [0.15, 0.2) is 6.17 Å². The maximum atomic E-state index is 12.6. The predicted octanol–water partition coefficient (Wildman–Crippen LogP) is 1.94. The molecule has 1 unspecified atom stereocenters. The van der Waals surface area contributed by atoms with Gasteiger partial charge in [0.2, 0.25) is 11.7 Å². The van der Waals surface area contributed by atoms with Crippen molar-refractivity contribution in [2.45, 2.75) is 19.6 Å². The predicted molar refractivity (Wildman–Crippen MR) is 105 cm³/mol. The summed E-state index contributed by atoms with van der Waals surface area (Å²) in [4.78, 5) is 36.5. The van der Waals surface area contributed by atoms with Crippen LogP contribution in [0.2, 0.25) is 0 Å². The van der Waals surface area contributed by atoms with Crippen molar-refractivity contribution in [1.29, 1.82) is 0 Å². The number of hydrogen-bond donors (Lipinski definition) is 1. The van der Waals surface area contributed by atoms with Gasteiger partial charge in [-0.1, -0.05) is 48.5 Å². The van der Waals surface area contributed by atoms with E-state index in [1.807, 2.05) is 48.5 Å². The minimum absolute atomic E-state index is 0.0445. The highest BCUT2D eigenvalue weighted by atomic mass is 16.1. The van der Waals surface area contributed by atoms with Crippen LogP contribution in [-0.4, -0.2) is 42.0 Å². The number of benzene rings is 2. The number of carbonyl (C=O) groups is 2. The lowest BCUT2D eigenvalue weighted by Gasteiger charge is -2.12. The number of amides is 1. The van der Waals surface area contributed by atoms with E-state index in [0.29, 0.717) is 12.3 Å². The molecule has 0 aromatic heterocycles. The zero-order valence-electron chi connectivity index (χ0n) is 14.8. The topological polar surface area (TPSA) is 83.2 Å². The summed E-state index contributed by atoms with van der Waals surface area (Å²) >= 11 is 0. The van der Waals surface area contributed by atoms with Crippen molar-refractivity contribution in [3.63, 3.8) is 0 Å². The molecule has 27 heavy (non-hydrogen) atoms. The van der Waals surface area contributed by atoms with Crippen LogP contribution < -0.4 is 5.32 Å². The fourth-order valence-corrected chi connectivity index (χ4v) is 2.98. The van der Waals surface area contributed by atoms with Crippen LogP contribution in [0.15, 0.2) is 63.5 Å². The van der Waals surface area contributed by atoms with Crippen LogP contribution in [0.1, 0.15) is 29.2 Å². The van der Waals surface area contributed by atoms with E-state index in [2.05, 4.69) is 20.3 Å². The van der Waals surface area contributed by atoms with Crippen LogP contribution in [0.5, 0.6) is 0 Å². The molecule has 134 valence electrons. The molecule has 4 rings (SSSR count). The first-order chi connectivity index (χ1) is 13.1. The maximum absolute atomic E-state index is 12.6. The molecule has 0 saturated carbocycles. The number of rotatable bonds is 6. The van der Waals surface area contributed by atoms with Crippen molar-refractivity contribution in [2.75, 3.05) is 6.54 Å². The monoisotopic (exact) mass is 358 g/mol. The van der Waals surface area contributed by atoms with Gasteiger partial charge in [-0.2, -0.15) is 0 Å². The van der Waals surface area contributed by atoms with Gasteiger partial charge in [0.05, 0.1) is 5.71 Å². The fraction of sp³-hybridized carbons (Fsp3) is 0.190. The zero-order valence-corrected chi connectivity index (χ0v) is 14.8. The Morgan fingerprint density at radius 1 is 1.07 bits per heavy atom. The van der Waals surface area contributed by atoms with Gasteiger partial charge in [-0.25, -0.2) is 4.99 Å². The molecule has 1 amide bonds. The zero-order chi connectivity index (χ0) is 18.8. The summed E-state index contributed by atoms with van der Waals surface area (Å²) in [6.45, 7) is 2.03. The Kier molecular flexibility index (Phi) is 4.46. The van der Waals surface area contributed by atoms with Gasteiger partial charge in [0.1, 0.15) is 12.3 Å². The normalized spacial score (nSPS) is 16.9. The van der Waals surface area contributed by atoms with E-state index in [4.69, 9.17) is 0 Å². The van der Waals surface area contributed by atoms with E-state index >= 15 is 0 Å². The van der Waals surface area contributed by atoms with E-state index in [9.17, 15) is 9.59 Å². The second kappa shape index (κ2) is 7.07. The molecule has 2 aromatic rings. The average Bonchev–Trinajstić information content (AvgIpc) is 3.46. The van der Waals surface area contributed by atoms with Crippen LogP contribution in [0.25, 0.3) is 0 Å². The van der Waals surface area contributed by atoms with Crippen molar-refractivity contribution >= 4 is 29.3 Å². The van der Waals surface area contributed by atoms with Gasteiger partial charge < -0.3 is 5.32 Å². The molecule has 2 heterocycles. The lowest BCUT2D eigenvalue weighted by molar-refractivity contribution is -0.119. The van der Waals surface area contributed by atoms with Crippen LogP contribution >= 0.6 is 0 Å². The second-order valence-corrected chi connectivity index (χ2v) is 6.46. The van der Waals surface area contributed by atoms with Gasteiger partial charge in [0, 0.05) is 30.8 Å². The molecule has 1 N–H and O–H groups in total. The molecule has 2 aliphatic rings. The molecule has 6 nitrogen and oxygen atoms in total. The Balaban J connectivity index is 1.39. The summed E-state index contributed by atoms with van der Waals surface area (Å²) < 4.78 is 0. The second-order valence-electron chi connectivity index (χ2n) is 6.46. The third kappa shape index (κ3) is 3.74. The van der Waals surface area contributed by atoms with E-state index in [-0.39, 0.29) is 24.4 Å². The summed E-state index contributed by atoms with van der Waals surface area (Å²) in [5.41, 5.74) is 5.17. The number of fused-ring (bicyclic) bond motifs is 3.